The topological polar surface area (TPSA) is 114 Å². The van der Waals surface area contributed by atoms with Gasteiger partial charge in [0.1, 0.15) is 17.0 Å². The molecular formula is C22H22F3N3O5. The lowest BCUT2D eigenvalue weighted by atomic mass is 10.0. The highest BCUT2D eigenvalue weighted by Gasteiger charge is 2.23. The number of benzene rings is 1. The molecule has 1 atom stereocenters. The number of hydrogen-bond donors (Lipinski definition) is 3. The van der Waals surface area contributed by atoms with Crippen molar-refractivity contribution in [1.82, 2.24) is 9.55 Å². The average molecular weight is 465 g/mol. The fraction of sp³-hybridized carbons (Fsp3) is 0.318. The van der Waals surface area contributed by atoms with E-state index in [0.717, 1.165) is 6.20 Å². The molecule has 11 heteroatoms. The summed E-state index contributed by atoms with van der Waals surface area (Å²) in [6.07, 6.45) is 1.13. The second-order valence-corrected chi connectivity index (χ2v) is 7.71. The lowest BCUT2D eigenvalue weighted by Gasteiger charge is -2.24. The Bertz CT molecular complexity index is 1280. The van der Waals surface area contributed by atoms with Gasteiger partial charge < -0.3 is 24.8 Å². The Hall–Kier alpha value is -3.60. The van der Waals surface area contributed by atoms with E-state index in [1.54, 1.807) is 0 Å². The lowest BCUT2D eigenvalue weighted by molar-refractivity contribution is 0.0694. The van der Waals surface area contributed by atoms with Crippen LogP contribution in [0.3, 0.4) is 0 Å². The molecule has 3 rings (SSSR count). The van der Waals surface area contributed by atoms with Crippen LogP contribution in [-0.4, -0.2) is 39.5 Å². The summed E-state index contributed by atoms with van der Waals surface area (Å²) in [7, 11) is 1.30. The highest BCUT2D eigenvalue weighted by atomic mass is 19.2. The number of carbonyl (C=O) groups is 1. The van der Waals surface area contributed by atoms with Crippen LogP contribution in [0, 0.1) is 23.4 Å². The number of anilines is 1. The van der Waals surface area contributed by atoms with Crippen LogP contribution in [0.25, 0.3) is 11.0 Å². The Labute approximate surface area is 186 Å². The molecule has 0 saturated heterocycles. The van der Waals surface area contributed by atoms with Gasteiger partial charge in [0.05, 0.1) is 30.8 Å². The fourth-order valence-corrected chi connectivity index (χ4v) is 3.45. The van der Waals surface area contributed by atoms with Crippen molar-refractivity contribution in [3.63, 3.8) is 0 Å². The van der Waals surface area contributed by atoms with Gasteiger partial charge in [0, 0.05) is 24.4 Å². The molecule has 0 amide bonds. The van der Waals surface area contributed by atoms with Gasteiger partial charge in [-0.1, -0.05) is 13.8 Å². The number of fused-ring (bicyclic) bond motifs is 1. The number of hydrogen-bond acceptors (Lipinski definition) is 6. The van der Waals surface area contributed by atoms with Gasteiger partial charge in [-0.2, -0.15) is 4.98 Å². The van der Waals surface area contributed by atoms with E-state index >= 15 is 0 Å². The summed E-state index contributed by atoms with van der Waals surface area (Å²) >= 11 is 0. The monoisotopic (exact) mass is 465 g/mol. The molecular weight excluding hydrogens is 443 g/mol. The summed E-state index contributed by atoms with van der Waals surface area (Å²) in [6.45, 7) is 2.99. The summed E-state index contributed by atoms with van der Waals surface area (Å²) < 4.78 is 47.4. The zero-order valence-electron chi connectivity index (χ0n) is 18.0. The number of nitrogens with zero attached hydrogens (tertiary/aromatic N) is 2. The third-order valence-electron chi connectivity index (χ3n) is 5.27. The first kappa shape index (κ1) is 24.1. The zero-order chi connectivity index (χ0) is 24.4. The number of aromatic carboxylic acids is 1. The maximum absolute atomic E-state index is 14.0. The zero-order valence-corrected chi connectivity index (χ0v) is 18.0. The number of carboxylic acid groups (broad SMARTS) is 1. The van der Waals surface area contributed by atoms with Crippen LogP contribution in [0.5, 0.6) is 5.88 Å². The molecule has 0 bridgehead atoms. The van der Waals surface area contributed by atoms with Crippen LogP contribution in [0.1, 0.15) is 35.8 Å². The lowest BCUT2D eigenvalue weighted by Crippen LogP contribution is -2.26. The molecule has 3 N–H and O–H groups in total. The van der Waals surface area contributed by atoms with Crippen LogP contribution in [0.15, 0.2) is 29.2 Å². The summed E-state index contributed by atoms with van der Waals surface area (Å²) in [4.78, 5) is 28.8. The van der Waals surface area contributed by atoms with Crippen molar-refractivity contribution in [3.05, 3.63) is 63.2 Å². The minimum Gasteiger partial charge on any atom is -0.479 e. The first-order valence-electron chi connectivity index (χ1n) is 9.94. The van der Waals surface area contributed by atoms with Gasteiger partial charge in [0.15, 0.2) is 11.6 Å². The van der Waals surface area contributed by atoms with E-state index in [-0.39, 0.29) is 47.2 Å². The Morgan fingerprint density at radius 1 is 1.18 bits per heavy atom. The second kappa shape index (κ2) is 9.49. The van der Waals surface area contributed by atoms with E-state index in [4.69, 9.17) is 4.74 Å². The highest BCUT2D eigenvalue weighted by molar-refractivity contribution is 5.93. The van der Waals surface area contributed by atoms with Gasteiger partial charge in [-0.15, -0.1) is 0 Å². The number of pyridine rings is 2. The van der Waals surface area contributed by atoms with Crippen LogP contribution in [-0.2, 0) is 6.54 Å². The van der Waals surface area contributed by atoms with E-state index in [9.17, 15) is 33.0 Å². The Balaban J connectivity index is 2.18. The van der Waals surface area contributed by atoms with Crippen molar-refractivity contribution in [2.45, 2.75) is 26.4 Å². The van der Waals surface area contributed by atoms with Crippen LogP contribution >= 0.6 is 0 Å². The molecule has 0 aliphatic heterocycles. The smallest absolute Gasteiger partial charge is 0.341 e. The molecule has 0 aliphatic rings. The summed E-state index contributed by atoms with van der Waals surface area (Å²) in [5.41, 5.74) is -1.34. The van der Waals surface area contributed by atoms with Gasteiger partial charge in [-0.05, 0) is 18.1 Å². The summed E-state index contributed by atoms with van der Waals surface area (Å²) in [5, 5.41) is 22.0. The first-order chi connectivity index (χ1) is 15.6. The number of aromatic nitrogens is 2. The molecule has 2 heterocycles. The molecule has 33 heavy (non-hydrogen) atoms. The summed E-state index contributed by atoms with van der Waals surface area (Å²) in [5.74, 6) is -5.13. The highest BCUT2D eigenvalue weighted by Crippen LogP contribution is 2.29. The van der Waals surface area contributed by atoms with Crippen molar-refractivity contribution in [2.75, 3.05) is 19.0 Å². The maximum atomic E-state index is 14.0. The third-order valence-corrected chi connectivity index (χ3v) is 5.27. The van der Waals surface area contributed by atoms with Crippen molar-refractivity contribution >= 4 is 22.7 Å². The van der Waals surface area contributed by atoms with Crippen LogP contribution < -0.4 is 15.5 Å². The second-order valence-electron chi connectivity index (χ2n) is 7.71. The average Bonchev–Trinajstić information content (AvgIpc) is 2.76. The molecule has 3 aromatic rings. The first-order valence-corrected chi connectivity index (χ1v) is 9.94. The Morgan fingerprint density at radius 3 is 2.42 bits per heavy atom. The molecule has 0 saturated carbocycles. The van der Waals surface area contributed by atoms with Crippen molar-refractivity contribution in [2.24, 2.45) is 5.92 Å². The van der Waals surface area contributed by atoms with Gasteiger partial charge in [0.2, 0.25) is 11.3 Å². The molecule has 1 aromatic carbocycles. The minimum atomic E-state index is -1.45. The SMILES string of the molecule is COc1nc2c(cc1NCc1cc(F)c(F)cc1F)c(=O)c(C(=O)O)cn2[C@H](CO)C(C)C. The van der Waals surface area contributed by atoms with E-state index in [2.05, 4.69) is 10.3 Å². The number of methoxy groups -OCH3 is 1. The van der Waals surface area contributed by atoms with Crippen molar-refractivity contribution in [3.8, 4) is 5.88 Å². The van der Waals surface area contributed by atoms with E-state index in [1.807, 2.05) is 13.8 Å². The van der Waals surface area contributed by atoms with Gasteiger partial charge in [-0.3, -0.25) is 4.79 Å². The quantitative estimate of drug-likeness (QED) is 0.438. The third kappa shape index (κ3) is 4.63. The Kier molecular flexibility index (Phi) is 6.92. The van der Waals surface area contributed by atoms with Gasteiger partial charge in [0.25, 0.3) is 0 Å². The molecule has 8 nitrogen and oxygen atoms in total. The molecule has 176 valence electrons. The number of carboxylic acids is 1. The fourth-order valence-electron chi connectivity index (χ4n) is 3.45. The number of ether oxygens (including phenoxy) is 1. The molecule has 0 unspecified atom stereocenters. The van der Waals surface area contributed by atoms with Crippen molar-refractivity contribution < 1.29 is 32.9 Å². The molecule has 0 fully saturated rings. The molecule has 0 spiro atoms. The van der Waals surface area contributed by atoms with Crippen molar-refractivity contribution in [1.29, 1.82) is 0 Å². The normalized spacial score (nSPS) is 12.2. The number of nitrogens with one attached hydrogen (secondary N) is 1. The number of aliphatic hydroxyl groups is 1. The predicted molar refractivity (Wildman–Crippen MR) is 114 cm³/mol. The van der Waals surface area contributed by atoms with Crippen LogP contribution in [0.4, 0.5) is 18.9 Å². The molecule has 0 radical (unpaired) electrons. The molecule has 2 aromatic heterocycles. The number of rotatable bonds is 8. The maximum Gasteiger partial charge on any atom is 0.341 e. The molecule has 0 aliphatic carbocycles. The van der Waals surface area contributed by atoms with Gasteiger partial charge in [-0.25, -0.2) is 18.0 Å². The van der Waals surface area contributed by atoms with E-state index in [0.29, 0.717) is 12.1 Å². The summed E-state index contributed by atoms with van der Waals surface area (Å²) in [6, 6.07) is 1.82. The van der Waals surface area contributed by atoms with Gasteiger partial charge >= 0.3 is 5.97 Å². The largest absolute Gasteiger partial charge is 0.479 e. The number of halogens is 3. The standard InChI is InChI=1S/C22H22F3N3O5/c1-10(2)18(9-29)28-8-13(22(31)32)19(30)12-5-17(21(33-3)27-20(12)28)26-7-11-4-15(24)16(25)6-14(11)23/h4-6,8,10,18,26,29H,7,9H2,1-3H3,(H,31,32)/t18-/m1/s1. The van der Waals surface area contributed by atoms with E-state index < -0.39 is 40.5 Å². The van der Waals surface area contributed by atoms with Crippen LogP contribution in [0.2, 0.25) is 0 Å². The Morgan fingerprint density at radius 2 is 1.85 bits per heavy atom. The predicted octanol–water partition coefficient (Wildman–Crippen LogP) is 3.32. The minimum absolute atomic E-state index is 0.0119. The number of aliphatic hydroxyl groups excluding tert-OH is 1. The van der Waals surface area contributed by atoms with E-state index in [1.165, 1.54) is 17.7 Å².